The van der Waals surface area contributed by atoms with Crippen LogP contribution < -0.4 is 4.74 Å². The Morgan fingerprint density at radius 1 is 0.839 bits per heavy atom. The molecule has 2 nitrogen and oxygen atoms in total. The Hall–Kier alpha value is -2.58. The van der Waals surface area contributed by atoms with Crippen molar-refractivity contribution in [3.8, 4) is 5.75 Å². The van der Waals surface area contributed by atoms with Crippen LogP contribution in [0.3, 0.4) is 0 Å². The molecule has 0 radical (unpaired) electrons. The second-order valence-electron chi connectivity index (χ2n) is 8.88. The summed E-state index contributed by atoms with van der Waals surface area (Å²) in [6.07, 6.45) is 6.86. The number of hydrogen-bond acceptors (Lipinski definition) is 2. The van der Waals surface area contributed by atoms with E-state index in [1.54, 1.807) is 0 Å². The summed E-state index contributed by atoms with van der Waals surface area (Å²) in [4.78, 5) is 2.65. The maximum Gasteiger partial charge on any atom is 0.122 e. The summed E-state index contributed by atoms with van der Waals surface area (Å²) < 4.78 is 6.19. The van der Waals surface area contributed by atoms with Crippen molar-refractivity contribution in [3.05, 3.63) is 101 Å². The highest BCUT2D eigenvalue weighted by atomic mass is 16.5. The first kappa shape index (κ1) is 21.6. The number of hydrogen-bond donors (Lipinski definition) is 0. The fraction of sp³-hybridized carbons (Fsp3) is 0.379. The van der Waals surface area contributed by atoms with Gasteiger partial charge in [-0.2, -0.15) is 0 Å². The molecule has 0 atom stereocenters. The molecule has 1 aliphatic rings. The van der Waals surface area contributed by atoms with E-state index in [1.807, 2.05) is 0 Å². The molecule has 3 aromatic carbocycles. The Balaban J connectivity index is 1.47. The van der Waals surface area contributed by atoms with Crippen LogP contribution >= 0.6 is 0 Å². The van der Waals surface area contributed by atoms with Gasteiger partial charge >= 0.3 is 0 Å². The first-order valence-electron chi connectivity index (χ1n) is 11.8. The molecule has 2 bridgehead atoms. The molecule has 162 valence electrons. The van der Waals surface area contributed by atoms with E-state index in [0.717, 1.165) is 51.3 Å². The van der Waals surface area contributed by atoms with Crippen molar-refractivity contribution in [1.82, 2.24) is 4.90 Å². The first-order valence-corrected chi connectivity index (χ1v) is 11.8. The van der Waals surface area contributed by atoms with Crippen LogP contribution in [-0.4, -0.2) is 24.6 Å². The van der Waals surface area contributed by atoms with Crippen LogP contribution in [0.2, 0.25) is 0 Å². The van der Waals surface area contributed by atoms with Crippen LogP contribution in [-0.2, 0) is 19.4 Å². The molecule has 0 unspecified atom stereocenters. The number of ether oxygens (including phenoxy) is 1. The van der Waals surface area contributed by atoms with Crippen LogP contribution in [0.4, 0.5) is 0 Å². The zero-order valence-corrected chi connectivity index (χ0v) is 18.9. The van der Waals surface area contributed by atoms with Gasteiger partial charge in [-0.25, -0.2) is 0 Å². The van der Waals surface area contributed by atoms with Crippen molar-refractivity contribution in [2.75, 3.05) is 19.7 Å². The van der Waals surface area contributed by atoms with E-state index >= 15 is 0 Å². The standard InChI is InChI=1S/C29H35NO/c1-24-15-16-29-28(20-24)22-26-12-8-13-27(21-26)23-30(17-6-3-7-19-31-29)18-9-14-25-10-4-2-5-11-25/h2,4-5,8,10-13,15-16,20-21H,3,6-7,9,14,17-19,22-23H2,1H3. The summed E-state index contributed by atoms with van der Waals surface area (Å²) in [5, 5.41) is 0. The van der Waals surface area contributed by atoms with Crippen LogP contribution in [0.25, 0.3) is 0 Å². The molecule has 4 rings (SSSR count). The van der Waals surface area contributed by atoms with Gasteiger partial charge in [0, 0.05) is 13.0 Å². The second-order valence-corrected chi connectivity index (χ2v) is 8.88. The largest absolute Gasteiger partial charge is 0.493 e. The van der Waals surface area contributed by atoms with Crippen LogP contribution in [0.1, 0.15) is 53.5 Å². The van der Waals surface area contributed by atoms with Crippen LogP contribution in [0.5, 0.6) is 5.75 Å². The molecule has 3 aromatic rings. The number of fused-ring (bicyclic) bond motifs is 3. The highest BCUT2D eigenvalue weighted by molar-refractivity contribution is 5.41. The van der Waals surface area contributed by atoms with E-state index in [4.69, 9.17) is 4.74 Å². The molecule has 0 saturated carbocycles. The van der Waals surface area contributed by atoms with Crippen molar-refractivity contribution in [1.29, 1.82) is 0 Å². The quantitative estimate of drug-likeness (QED) is 0.479. The smallest absolute Gasteiger partial charge is 0.122 e. The lowest BCUT2D eigenvalue weighted by molar-refractivity contribution is 0.248. The highest BCUT2D eigenvalue weighted by Gasteiger charge is 2.10. The van der Waals surface area contributed by atoms with Gasteiger partial charge in [0.1, 0.15) is 5.75 Å². The average molecular weight is 414 g/mol. The van der Waals surface area contributed by atoms with E-state index in [9.17, 15) is 0 Å². The van der Waals surface area contributed by atoms with Crippen molar-refractivity contribution in [3.63, 3.8) is 0 Å². The zero-order chi connectivity index (χ0) is 21.3. The fourth-order valence-corrected chi connectivity index (χ4v) is 4.52. The van der Waals surface area contributed by atoms with Gasteiger partial charge in [0.15, 0.2) is 0 Å². The summed E-state index contributed by atoms with van der Waals surface area (Å²) in [6.45, 7) is 6.33. The van der Waals surface area contributed by atoms with E-state index in [2.05, 4.69) is 84.6 Å². The topological polar surface area (TPSA) is 12.5 Å². The minimum atomic E-state index is 0.810. The number of benzene rings is 3. The minimum absolute atomic E-state index is 0.810. The van der Waals surface area contributed by atoms with Gasteiger partial charge in [0.05, 0.1) is 6.61 Å². The fourth-order valence-electron chi connectivity index (χ4n) is 4.52. The molecule has 0 N–H and O–H groups in total. The van der Waals surface area contributed by atoms with Gasteiger partial charge in [-0.1, -0.05) is 72.3 Å². The number of aryl methyl sites for hydroxylation is 2. The van der Waals surface area contributed by atoms with E-state index < -0.39 is 0 Å². The monoisotopic (exact) mass is 413 g/mol. The lowest BCUT2D eigenvalue weighted by Gasteiger charge is -2.23. The summed E-state index contributed by atoms with van der Waals surface area (Å²) in [5.74, 6) is 1.05. The predicted molar refractivity (Wildman–Crippen MR) is 130 cm³/mol. The van der Waals surface area contributed by atoms with Gasteiger partial charge in [-0.05, 0) is 80.4 Å². The normalized spacial score (nSPS) is 15.5. The molecule has 0 fully saturated rings. The van der Waals surface area contributed by atoms with Gasteiger partial charge in [0.25, 0.3) is 0 Å². The SMILES string of the molecule is Cc1ccc2c(c1)Cc1cccc(c1)CN(CCCc1ccccc1)CCCCCO2. The van der Waals surface area contributed by atoms with Crippen molar-refractivity contribution >= 4 is 0 Å². The maximum absolute atomic E-state index is 6.19. The van der Waals surface area contributed by atoms with Crippen molar-refractivity contribution in [2.45, 2.75) is 52.0 Å². The Kier molecular flexibility index (Phi) is 7.79. The molecule has 31 heavy (non-hydrogen) atoms. The minimum Gasteiger partial charge on any atom is -0.493 e. The highest BCUT2D eigenvalue weighted by Crippen LogP contribution is 2.25. The summed E-state index contributed by atoms with van der Waals surface area (Å²) in [7, 11) is 0. The molecular formula is C29H35NO. The van der Waals surface area contributed by atoms with Gasteiger partial charge in [-0.15, -0.1) is 0 Å². The maximum atomic E-state index is 6.19. The molecular weight excluding hydrogens is 378 g/mol. The molecule has 2 heteroatoms. The molecule has 0 aliphatic carbocycles. The second kappa shape index (κ2) is 11.2. The van der Waals surface area contributed by atoms with Gasteiger partial charge in [-0.3, -0.25) is 4.90 Å². The molecule has 0 amide bonds. The van der Waals surface area contributed by atoms with Gasteiger partial charge in [0.2, 0.25) is 0 Å². The lowest BCUT2D eigenvalue weighted by Crippen LogP contribution is -2.26. The molecule has 1 heterocycles. The third-order valence-corrected chi connectivity index (χ3v) is 6.17. The molecule has 1 aliphatic heterocycles. The molecule has 0 saturated heterocycles. The van der Waals surface area contributed by atoms with Crippen LogP contribution in [0.15, 0.2) is 72.8 Å². The number of nitrogens with zero attached hydrogens (tertiary/aromatic N) is 1. The average Bonchev–Trinajstić information content (AvgIpc) is 2.78. The number of rotatable bonds is 4. The molecule has 0 aromatic heterocycles. The predicted octanol–water partition coefficient (Wildman–Crippen LogP) is 6.58. The van der Waals surface area contributed by atoms with E-state index in [1.165, 1.54) is 47.1 Å². The van der Waals surface area contributed by atoms with E-state index in [0.29, 0.717) is 0 Å². The lowest BCUT2D eigenvalue weighted by atomic mass is 10.00. The van der Waals surface area contributed by atoms with Crippen LogP contribution in [0, 0.1) is 6.92 Å². The third-order valence-electron chi connectivity index (χ3n) is 6.17. The summed E-state index contributed by atoms with van der Waals surface area (Å²) in [6, 6.07) is 26.6. The summed E-state index contributed by atoms with van der Waals surface area (Å²) >= 11 is 0. The first-order chi connectivity index (χ1) is 15.3. The Labute approximate surface area is 187 Å². The van der Waals surface area contributed by atoms with E-state index in [-0.39, 0.29) is 0 Å². The molecule has 0 spiro atoms. The summed E-state index contributed by atoms with van der Waals surface area (Å²) in [5.41, 5.74) is 6.83. The Morgan fingerprint density at radius 2 is 1.71 bits per heavy atom. The zero-order valence-electron chi connectivity index (χ0n) is 18.9. The van der Waals surface area contributed by atoms with Gasteiger partial charge < -0.3 is 4.74 Å². The van der Waals surface area contributed by atoms with Crippen molar-refractivity contribution in [2.24, 2.45) is 0 Å². The Bertz CT molecular complexity index is 950. The Morgan fingerprint density at radius 3 is 2.61 bits per heavy atom. The van der Waals surface area contributed by atoms with Crippen molar-refractivity contribution < 1.29 is 4.74 Å². The third kappa shape index (κ3) is 6.70.